The highest BCUT2D eigenvalue weighted by Gasteiger charge is 2.06. The Labute approximate surface area is 104 Å². The maximum Gasteiger partial charge on any atom is 0.336 e. The third-order valence-corrected chi connectivity index (χ3v) is 2.28. The molecule has 0 spiro atoms. The number of carboxylic acid groups (broad SMARTS) is 1. The number of para-hydroxylation sites is 1. The van der Waals surface area contributed by atoms with Crippen LogP contribution < -0.4 is 4.84 Å². The topological polar surface area (TPSA) is 58.9 Å². The van der Waals surface area contributed by atoms with Crippen molar-refractivity contribution in [1.82, 2.24) is 0 Å². The van der Waals surface area contributed by atoms with Gasteiger partial charge in [0.25, 0.3) is 0 Å². The van der Waals surface area contributed by atoms with Crippen molar-refractivity contribution in [2.45, 2.75) is 0 Å². The van der Waals surface area contributed by atoms with Crippen LogP contribution in [0.5, 0.6) is 5.75 Å². The van der Waals surface area contributed by atoms with Crippen molar-refractivity contribution in [3.05, 3.63) is 65.7 Å². The van der Waals surface area contributed by atoms with Gasteiger partial charge < -0.3 is 9.94 Å². The predicted octanol–water partition coefficient (Wildman–Crippen LogP) is 2.80. The molecule has 0 fully saturated rings. The van der Waals surface area contributed by atoms with Gasteiger partial charge in [0, 0.05) is 5.56 Å². The number of rotatable bonds is 4. The van der Waals surface area contributed by atoms with Gasteiger partial charge in [-0.3, -0.25) is 0 Å². The van der Waals surface area contributed by atoms with Gasteiger partial charge >= 0.3 is 5.97 Å². The van der Waals surface area contributed by atoms with Crippen molar-refractivity contribution < 1.29 is 14.7 Å². The first-order valence-corrected chi connectivity index (χ1v) is 5.35. The van der Waals surface area contributed by atoms with Crippen LogP contribution in [0, 0.1) is 0 Å². The Kier molecular flexibility index (Phi) is 3.71. The first-order valence-electron chi connectivity index (χ1n) is 5.35. The largest absolute Gasteiger partial charge is 0.478 e. The maximum absolute atomic E-state index is 11.0. The zero-order chi connectivity index (χ0) is 12.8. The Morgan fingerprint density at radius 2 is 1.72 bits per heavy atom. The second-order valence-corrected chi connectivity index (χ2v) is 3.53. The summed E-state index contributed by atoms with van der Waals surface area (Å²) in [6.45, 7) is 0. The Morgan fingerprint density at radius 1 is 1.06 bits per heavy atom. The third kappa shape index (κ3) is 2.95. The fourth-order valence-electron chi connectivity index (χ4n) is 1.43. The summed E-state index contributed by atoms with van der Waals surface area (Å²) in [6.07, 6.45) is 1.39. The summed E-state index contributed by atoms with van der Waals surface area (Å²) in [4.78, 5) is 16.1. The zero-order valence-corrected chi connectivity index (χ0v) is 9.48. The van der Waals surface area contributed by atoms with Crippen molar-refractivity contribution in [1.29, 1.82) is 0 Å². The van der Waals surface area contributed by atoms with Crippen molar-refractivity contribution in [2.75, 3.05) is 0 Å². The second kappa shape index (κ2) is 5.63. The van der Waals surface area contributed by atoms with Crippen LogP contribution in [-0.2, 0) is 0 Å². The predicted molar refractivity (Wildman–Crippen MR) is 68.1 cm³/mol. The molecule has 0 bridgehead atoms. The van der Waals surface area contributed by atoms with Crippen LogP contribution in [0.4, 0.5) is 0 Å². The zero-order valence-electron chi connectivity index (χ0n) is 9.48. The molecule has 0 radical (unpaired) electrons. The summed E-state index contributed by atoms with van der Waals surface area (Å²) in [6, 6.07) is 15.7. The van der Waals surface area contributed by atoms with Gasteiger partial charge in [-0.2, -0.15) is 0 Å². The van der Waals surface area contributed by atoms with Crippen LogP contribution in [0.25, 0.3) is 0 Å². The van der Waals surface area contributed by atoms with Crippen molar-refractivity contribution in [3.8, 4) is 5.75 Å². The molecule has 4 nitrogen and oxygen atoms in total. The van der Waals surface area contributed by atoms with Gasteiger partial charge in [-0.25, -0.2) is 4.79 Å². The second-order valence-electron chi connectivity index (χ2n) is 3.53. The number of benzene rings is 2. The van der Waals surface area contributed by atoms with E-state index in [-0.39, 0.29) is 5.56 Å². The summed E-state index contributed by atoms with van der Waals surface area (Å²) in [5.74, 6) is -0.390. The molecule has 0 aromatic heterocycles. The van der Waals surface area contributed by atoms with E-state index < -0.39 is 5.97 Å². The van der Waals surface area contributed by atoms with Crippen LogP contribution in [0.15, 0.2) is 59.8 Å². The molecule has 2 aromatic rings. The van der Waals surface area contributed by atoms with Crippen LogP contribution >= 0.6 is 0 Å². The summed E-state index contributed by atoms with van der Waals surface area (Å²) in [7, 11) is 0. The van der Waals surface area contributed by atoms with Gasteiger partial charge in [0.05, 0.1) is 11.8 Å². The van der Waals surface area contributed by atoms with Gasteiger partial charge in [-0.15, -0.1) is 0 Å². The summed E-state index contributed by atoms with van der Waals surface area (Å²) >= 11 is 0. The molecular weight excluding hydrogens is 230 g/mol. The van der Waals surface area contributed by atoms with Gasteiger partial charge in [0.2, 0.25) is 0 Å². The molecule has 90 valence electrons. The highest BCUT2D eigenvalue weighted by molar-refractivity contribution is 5.98. The van der Waals surface area contributed by atoms with E-state index in [0.717, 1.165) is 0 Å². The molecule has 18 heavy (non-hydrogen) atoms. The third-order valence-electron chi connectivity index (χ3n) is 2.28. The number of oxime groups is 1. The smallest absolute Gasteiger partial charge is 0.336 e. The minimum Gasteiger partial charge on any atom is -0.478 e. The van der Waals surface area contributed by atoms with Gasteiger partial charge in [-0.05, 0) is 18.2 Å². The highest BCUT2D eigenvalue weighted by atomic mass is 16.6. The maximum atomic E-state index is 11.0. The first-order chi connectivity index (χ1) is 8.77. The first kappa shape index (κ1) is 11.9. The fourth-order valence-corrected chi connectivity index (χ4v) is 1.43. The number of hydrogen-bond acceptors (Lipinski definition) is 3. The molecule has 4 heteroatoms. The average molecular weight is 241 g/mol. The minimum absolute atomic E-state index is 0.193. The van der Waals surface area contributed by atoms with Crippen molar-refractivity contribution in [2.24, 2.45) is 5.16 Å². The van der Waals surface area contributed by atoms with E-state index in [4.69, 9.17) is 9.94 Å². The number of nitrogens with zero attached hydrogens (tertiary/aromatic N) is 1. The van der Waals surface area contributed by atoms with E-state index in [1.807, 2.05) is 18.2 Å². The summed E-state index contributed by atoms with van der Waals surface area (Å²) in [5, 5.41) is 12.7. The molecule has 1 N–H and O–H groups in total. The van der Waals surface area contributed by atoms with Crippen LogP contribution in [-0.4, -0.2) is 17.3 Å². The lowest BCUT2D eigenvalue weighted by Gasteiger charge is -2.00. The van der Waals surface area contributed by atoms with Crippen molar-refractivity contribution >= 4 is 12.2 Å². The van der Waals surface area contributed by atoms with E-state index in [0.29, 0.717) is 11.3 Å². The molecule has 0 unspecified atom stereocenters. The lowest BCUT2D eigenvalue weighted by molar-refractivity contribution is 0.0697. The van der Waals surface area contributed by atoms with E-state index in [1.54, 1.807) is 30.3 Å². The molecule has 2 rings (SSSR count). The Bertz CT molecular complexity index is 564. The number of carboxylic acids is 1. The quantitative estimate of drug-likeness (QED) is 0.661. The van der Waals surface area contributed by atoms with E-state index >= 15 is 0 Å². The normalized spacial score (nSPS) is 10.4. The fraction of sp³-hybridized carbons (Fsp3) is 0. The molecular formula is C14H11NO3. The molecule has 0 aliphatic heterocycles. The standard InChI is InChI=1S/C14H11NO3/c16-14(17)13-9-5-4-6-11(13)10-15-18-12-7-2-1-3-8-12/h1-10H,(H,16,17)/b15-10+. The summed E-state index contributed by atoms with van der Waals surface area (Å²) in [5.41, 5.74) is 0.693. The lowest BCUT2D eigenvalue weighted by atomic mass is 10.1. The average Bonchev–Trinajstić information content (AvgIpc) is 2.40. The molecule has 2 aromatic carbocycles. The number of hydrogen-bond donors (Lipinski definition) is 1. The molecule has 0 aliphatic carbocycles. The Hall–Kier alpha value is -2.62. The van der Waals surface area contributed by atoms with E-state index in [2.05, 4.69) is 5.16 Å². The summed E-state index contributed by atoms with van der Waals surface area (Å²) < 4.78 is 0. The van der Waals surface area contributed by atoms with Crippen LogP contribution in [0.2, 0.25) is 0 Å². The van der Waals surface area contributed by atoms with Gasteiger partial charge in [0.15, 0.2) is 5.75 Å². The lowest BCUT2D eigenvalue weighted by Crippen LogP contribution is -2.01. The van der Waals surface area contributed by atoms with Crippen LogP contribution in [0.3, 0.4) is 0 Å². The monoisotopic (exact) mass is 241 g/mol. The molecule has 0 atom stereocenters. The molecule has 0 saturated carbocycles. The highest BCUT2D eigenvalue weighted by Crippen LogP contribution is 2.09. The molecule has 0 saturated heterocycles. The molecule has 0 aliphatic rings. The molecule has 0 amide bonds. The van der Waals surface area contributed by atoms with Crippen molar-refractivity contribution in [3.63, 3.8) is 0 Å². The Balaban J connectivity index is 2.12. The number of aromatic carboxylic acids is 1. The van der Waals surface area contributed by atoms with E-state index in [1.165, 1.54) is 12.3 Å². The van der Waals surface area contributed by atoms with E-state index in [9.17, 15) is 4.79 Å². The van der Waals surface area contributed by atoms with Gasteiger partial charge in [0.1, 0.15) is 0 Å². The van der Waals surface area contributed by atoms with Crippen LogP contribution in [0.1, 0.15) is 15.9 Å². The Morgan fingerprint density at radius 3 is 2.44 bits per heavy atom. The number of carbonyl (C=O) groups is 1. The molecule has 0 heterocycles. The van der Waals surface area contributed by atoms with Gasteiger partial charge in [-0.1, -0.05) is 41.6 Å². The SMILES string of the molecule is O=C(O)c1ccccc1/C=N/Oc1ccccc1. The minimum atomic E-state index is -0.989.